The number of rotatable bonds is 5. The van der Waals surface area contributed by atoms with Crippen LogP contribution in [-0.4, -0.2) is 54.6 Å². The number of ether oxygens (including phenoxy) is 5. The molecule has 2 fully saturated rings. The normalized spacial score (nSPS) is 33.8. The Morgan fingerprint density at radius 1 is 0.821 bits per heavy atom. The van der Waals surface area contributed by atoms with Gasteiger partial charge in [0.15, 0.2) is 18.9 Å². The highest BCUT2D eigenvalue weighted by Gasteiger charge is 2.52. The van der Waals surface area contributed by atoms with Gasteiger partial charge in [-0.15, -0.1) is 0 Å². The van der Waals surface area contributed by atoms with Crippen LogP contribution in [0.3, 0.4) is 0 Å². The van der Waals surface area contributed by atoms with Crippen LogP contribution < -0.4 is 0 Å². The molecule has 2 aliphatic heterocycles. The van der Waals surface area contributed by atoms with Crippen LogP contribution in [0.25, 0.3) is 0 Å². The maximum Gasteiger partial charge on any atom is 0.185 e. The fourth-order valence-electron chi connectivity index (χ4n) is 3.57. The zero-order chi connectivity index (χ0) is 19.5. The second-order valence-electron chi connectivity index (χ2n) is 6.77. The lowest BCUT2D eigenvalue weighted by Crippen LogP contribution is -2.61. The van der Waals surface area contributed by atoms with Gasteiger partial charge >= 0.3 is 0 Å². The fraction of sp³-hybridized carbons (Fsp3) is 0.429. The number of aliphatic hydroxyl groups is 2. The first-order valence-electron chi connectivity index (χ1n) is 9.24. The third-order valence-electron chi connectivity index (χ3n) is 5.00. The van der Waals surface area contributed by atoms with Gasteiger partial charge in [-0.05, 0) is 0 Å². The summed E-state index contributed by atoms with van der Waals surface area (Å²) in [5, 5.41) is 20.4. The van der Waals surface area contributed by atoms with E-state index in [0.717, 1.165) is 11.1 Å². The van der Waals surface area contributed by atoms with Crippen molar-refractivity contribution >= 4 is 0 Å². The Balaban J connectivity index is 1.63. The standard InChI is InChI=1S/C21H24O7/c1-24-19(23)18-17-16(26-21(28-18)14-10-6-3-7-11-14)15(12-22)25-20(27-17)13-8-4-2-5-9-13/h2-11,15-23H,12H2,1H3/t15-,16+,17-,18+,19+,20-,21-/m0/s1. The summed E-state index contributed by atoms with van der Waals surface area (Å²) in [5.74, 6) is 0. The van der Waals surface area contributed by atoms with Crippen LogP contribution in [-0.2, 0) is 23.7 Å². The average Bonchev–Trinajstić information content (AvgIpc) is 2.78. The molecular formula is C21H24O7. The number of fused-ring (bicyclic) bond motifs is 1. The lowest BCUT2D eigenvalue weighted by atomic mass is 9.98. The molecule has 0 radical (unpaired) electrons. The SMILES string of the molecule is CO[C@@H](O)[C@@H]1O[C@@H](c2ccccc2)O[C@H]2[C@@H]1O[C@@H](c1ccccc1)O[C@H]2CO. The predicted molar refractivity (Wildman–Crippen MR) is 98.0 cm³/mol. The minimum absolute atomic E-state index is 0.259. The van der Waals surface area contributed by atoms with Gasteiger partial charge in [-0.3, -0.25) is 0 Å². The first kappa shape index (κ1) is 19.5. The van der Waals surface area contributed by atoms with E-state index in [0.29, 0.717) is 0 Å². The third-order valence-corrected chi connectivity index (χ3v) is 5.00. The van der Waals surface area contributed by atoms with Crippen LogP contribution in [0.2, 0.25) is 0 Å². The van der Waals surface area contributed by atoms with Gasteiger partial charge < -0.3 is 33.9 Å². The van der Waals surface area contributed by atoms with E-state index in [1.807, 2.05) is 60.7 Å². The zero-order valence-corrected chi connectivity index (χ0v) is 15.5. The summed E-state index contributed by atoms with van der Waals surface area (Å²) in [7, 11) is 1.40. The van der Waals surface area contributed by atoms with Gasteiger partial charge in [0.1, 0.15) is 24.4 Å². The number of aliphatic hydroxyl groups excluding tert-OH is 2. The summed E-state index contributed by atoms with van der Waals surface area (Å²) in [6.45, 7) is -0.259. The molecule has 28 heavy (non-hydrogen) atoms. The lowest BCUT2D eigenvalue weighted by molar-refractivity contribution is -0.403. The Hall–Kier alpha value is -1.84. The molecule has 0 unspecified atom stereocenters. The first-order valence-corrected chi connectivity index (χ1v) is 9.24. The molecule has 7 nitrogen and oxygen atoms in total. The van der Waals surface area contributed by atoms with E-state index in [1.54, 1.807) is 0 Å². The monoisotopic (exact) mass is 388 g/mol. The maximum absolute atomic E-state index is 10.4. The molecule has 2 saturated heterocycles. The van der Waals surface area contributed by atoms with E-state index in [2.05, 4.69) is 0 Å². The minimum atomic E-state index is -1.23. The molecule has 2 aromatic rings. The highest BCUT2D eigenvalue weighted by molar-refractivity contribution is 5.18. The molecule has 0 saturated carbocycles. The number of hydrogen-bond donors (Lipinski definition) is 2. The van der Waals surface area contributed by atoms with Gasteiger partial charge in [0.2, 0.25) is 0 Å². The molecule has 0 aromatic heterocycles. The molecule has 0 bridgehead atoms. The first-order chi connectivity index (χ1) is 13.7. The molecule has 150 valence electrons. The van der Waals surface area contributed by atoms with Crippen molar-refractivity contribution in [1.82, 2.24) is 0 Å². The summed E-state index contributed by atoms with van der Waals surface area (Å²) >= 11 is 0. The van der Waals surface area contributed by atoms with Crippen molar-refractivity contribution < 1.29 is 33.9 Å². The summed E-state index contributed by atoms with van der Waals surface area (Å²) in [6.07, 6.45) is -5.48. The second kappa shape index (κ2) is 8.67. The van der Waals surface area contributed by atoms with Crippen LogP contribution in [0.4, 0.5) is 0 Å². The van der Waals surface area contributed by atoms with Crippen LogP contribution in [0.1, 0.15) is 23.7 Å². The van der Waals surface area contributed by atoms with Crippen LogP contribution in [0.5, 0.6) is 0 Å². The van der Waals surface area contributed by atoms with Crippen molar-refractivity contribution in [3.05, 3.63) is 71.8 Å². The fourth-order valence-corrected chi connectivity index (χ4v) is 3.57. The van der Waals surface area contributed by atoms with Crippen molar-refractivity contribution in [2.45, 2.75) is 43.3 Å². The molecule has 7 atom stereocenters. The molecule has 2 aliphatic rings. The molecule has 0 amide bonds. The predicted octanol–water partition coefficient (Wildman–Crippen LogP) is 1.91. The van der Waals surface area contributed by atoms with E-state index >= 15 is 0 Å². The topological polar surface area (TPSA) is 86.6 Å². The van der Waals surface area contributed by atoms with Gasteiger partial charge in [0.25, 0.3) is 0 Å². The zero-order valence-electron chi connectivity index (χ0n) is 15.5. The average molecular weight is 388 g/mol. The Morgan fingerprint density at radius 2 is 1.36 bits per heavy atom. The molecule has 0 spiro atoms. The Bertz CT molecular complexity index is 733. The number of hydrogen-bond acceptors (Lipinski definition) is 7. The van der Waals surface area contributed by atoms with Gasteiger partial charge in [-0.2, -0.15) is 0 Å². The van der Waals surface area contributed by atoms with Crippen molar-refractivity contribution in [3.63, 3.8) is 0 Å². The van der Waals surface area contributed by atoms with Crippen molar-refractivity contribution in [3.8, 4) is 0 Å². The number of methoxy groups -OCH3 is 1. The lowest BCUT2D eigenvalue weighted by Gasteiger charge is -2.49. The molecule has 4 rings (SSSR count). The Morgan fingerprint density at radius 3 is 1.89 bits per heavy atom. The quantitative estimate of drug-likeness (QED) is 0.757. The minimum Gasteiger partial charge on any atom is -0.394 e. The van der Waals surface area contributed by atoms with Gasteiger partial charge in [0.05, 0.1) is 6.61 Å². The molecule has 7 heteroatoms. The highest BCUT2D eigenvalue weighted by Crippen LogP contribution is 2.41. The van der Waals surface area contributed by atoms with Crippen molar-refractivity contribution in [1.29, 1.82) is 0 Å². The van der Waals surface area contributed by atoms with Crippen LogP contribution in [0.15, 0.2) is 60.7 Å². The molecular weight excluding hydrogens is 364 g/mol. The van der Waals surface area contributed by atoms with E-state index in [4.69, 9.17) is 23.7 Å². The second-order valence-corrected chi connectivity index (χ2v) is 6.77. The Kier molecular flexibility index (Phi) is 6.03. The third kappa shape index (κ3) is 3.83. The smallest absolute Gasteiger partial charge is 0.185 e. The van der Waals surface area contributed by atoms with Crippen molar-refractivity contribution in [2.24, 2.45) is 0 Å². The van der Waals surface area contributed by atoms with E-state index in [9.17, 15) is 10.2 Å². The van der Waals surface area contributed by atoms with Crippen molar-refractivity contribution in [2.75, 3.05) is 13.7 Å². The largest absolute Gasteiger partial charge is 0.394 e. The summed E-state index contributed by atoms with van der Waals surface area (Å²) < 4.78 is 29.3. The highest BCUT2D eigenvalue weighted by atomic mass is 16.8. The summed E-state index contributed by atoms with van der Waals surface area (Å²) in [5.41, 5.74) is 1.59. The van der Waals surface area contributed by atoms with E-state index in [1.165, 1.54) is 7.11 Å². The van der Waals surface area contributed by atoms with E-state index in [-0.39, 0.29) is 6.61 Å². The molecule has 0 aliphatic carbocycles. The molecule has 2 N–H and O–H groups in total. The molecule has 2 aromatic carbocycles. The van der Waals surface area contributed by atoms with Crippen LogP contribution >= 0.6 is 0 Å². The Labute approximate surface area is 163 Å². The van der Waals surface area contributed by atoms with Crippen LogP contribution in [0, 0.1) is 0 Å². The molecule has 2 heterocycles. The number of benzene rings is 2. The summed E-state index contributed by atoms with van der Waals surface area (Å²) in [6, 6.07) is 18.8. The van der Waals surface area contributed by atoms with Gasteiger partial charge in [0, 0.05) is 18.2 Å². The summed E-state index contributed by atoms with van der Waals surface area (Å²) in [4.78, 5) is 0. The van der Waals surface area contributed by atoms with Gasteiger partial charge in [-0.25, -0.2) is 0 Å². The van der Waals surface area contributed by atoms with Gasteiger partial charge in [-0.1, -0.05) is 60.7 Å². The maximum atomic E-state index is 10.4. The van der Waals surface area contributed by atoms with E-state index < -0.39 is 43.3 Å².